The summed E-state index contributed by atoms with van der Waals surface area (Å²) in [6, 6.07) is 6.76. The maximum atomic E-state index is 12.9. The molecule has 1 atom stereocenters. The molecule has 0 aliphatic heterocycles. The molecule has 0 aliphatic rings. The largest absolute Gasteiger partial charge is 0.384 e. The van der Waals surface area contributed by atoms with Crippen molar-refractivity contribution in [3.05, 3.63) is 59.2 Å². The number of nitrogens with zero attached hydrogens (tertiary/aromatic N) is 1. The summed E-state index contributed by atoms with van der Waals surface area (Å²) in [7, 11) is 1.61. The molecule has 0 fully saturated rings. The van der Waals surface area contributed by atoms with Gasteiger partial charge in [0.15, 0.2) is 0 Å². The number of aliphatic hydroxyl groups is 1. The lowest BCUT2D eigenvalue weighted by Crippen LogP contribution is -2.39. The molecule has 6 nitrogen and oxygen atoms in total. The molecule has 0 radical (unpaired) electrons. The Hall–Kier alpha value is -2.67. The summed E-state index contributed by atoms with van der Waals surface area (Å²) in [5.74, 6) is -1.49. The molecule has 4 N–H and O–H groups in total. The number of rotatable bonds is 5. The molecule has 122 valence electrons. The van der Waals surface area contributed by atoms with Crippen LogP contribution in [0.25, 0.3) is 0 Å². The minimum Gasteiger partial charge on any atom is -0.384 e. The van der Waals surface area contributed by atoms with Crippen molar-refractivity contribution in [2.75, 3.05) is 6.54 Å². The Balaban J connectivity index is 2.09. The lowest BCUT2D eigenvalue weighted by Gasteiger charge is -2.24. The number of carbonyl (C=O) groups is 2. The zero-order chi connectivity index (χ0) is 17.2. The van der Waals surface area contributed by atoms with E-state index in [1.54, 1.807) is 7.05 Å². The van der Waals surface area contributed by atoms with Gasteiger partial charge in [-0.1, -0.05) is 12.1 Å². The van der Waals surface area contributed by atoms with Crippen LogP contribution in [-0.4, -0.2) is 28.0 Å². The van der Waals surface area contributed by atoms with E-state index in [9.17, 15) is 19.1 Å². The maximum Gasteiger partial charge on any atom is 0.268 e. The van der Waals surface area contributed by atoms with Crippen LogP contribution in [0.4, 0.5) is 4.39 Å². The zero-order valence-corrected chi connectivity index (χ0v) is 12.8. The molecule has 7 heteroatoms. The Morgan fingerprint density at radius 1 is 1.35 bits per heavy atom. The number of halogens is 1. The Labute approximate surface area is 132 Å². The van der Waals surface area contributed by atoms with Crippen molar-refractivity contribution in [3.63, 3.8) is 0 Å². The Morgan fingerprint density at radius 2 is 1.96 bits per heavy atom. The van der Waals surface area contributed by atoms with Gasteiger partial charge in [-0.2, -0.15) is 0 Å². The van der Waals surface area contributed by atoms with E-state index in [0.717, 1.165) is 0 Å². The summed E-state index contributed by atoms with van der Waals surface area (Å²) in [6.07, 6.45) is 1.45. The lowest BCUT2D eigenvalue weighted by atomic mass is 9.96. The molecule has 0 bridgehead atoms. The first kappa shape index (κ1) is 16.7. The number of aromatic nitrogens is 1. The summed E-state index contributed by atoms with van der Waals surface area (Å²) in [5.41, 5.74) is 4.76. The van der Waals surface area contributed by atoms with E-state index >= 15 is 0 Å². The molecule has 1 aromatic carbocycles. The summed E-state index contributed by atoms with van der Waals surface area (Å²) < 4.78 is 14.4. The van der Waals surface area contributed by atoms with Gasteiger partial charge in [-0.3, -0.25) is 9.59 Å². The van der Waals surface area contributed by atoms with E-state index in [1.807, 2.05) is 0 Å². The van der Waals surface area contributed by atoms with Gasteiger partial charge in [-0.25, -0.2) is 4.39 Å². The van der Waals surface area contributed by atoms with E-state index in [0.29, 0.717) is 5.56 Å². The number of primary amides is 1. The van der Waals surface area contributed by atoms with Crippen LogP contribution in [0.2, 0.25) is 0 Å². The van der Waals surface area contributed by atoms with Gasteiger partial charge < -0.3 is 20.7 Å². The molecular weight excluding hydrogens is 301 g/mol. The van der Waals surface area contributed by atoms with Crippen LogP contribution in [0.5, 0.6) is 0 Å². The first-order valence-corrected chi connectivity index (χ1v) is 6.93. The number of hydrogen-bond acceptors (Lipinski definition) is 3. The van der Waals surface area contributed by atoms with Crippen LogP contribution < -0.4 is 11.1 Å². The standard InChI is InChI=1S/C16H18FN3O3/c1-16(23,11-3-5-12(17)6-4-11)9-19-15(22)13-7-10(14(18)21)8-20(13)2/h3-8,23H,9H2,1-2H3,(H2,18,21)(H,19,22). The number of nitrogens with one attached hydrogen (secondary N) is 1. The van der Waals surface area contributed by atoms with Crippen molar-refractivity contribution >= 4 is 11.8 Å². The van der Waals surface area contributed by atoms with E-state index in [-0.39, 0.29) is 17.8 Å². The Kier molecular flexibility index (Phi) is 4.51. The third-order valence-electron chi connectivity index (χ3n) is 3.58. The Morgan fingerprint density at radius 3 is 2.48 bits per heavy atom. The number of hydrogen-bond donors (Lipinski definition) is 3. The zero-order valence-electron chi connectivity index (χ0n) is 12.8. The van der Waals surface area contributed by atoms with Crippen LogP contribution in [0.3, 0.4) is 0 Å². The van der Waals surface area contributed by atoms with Gasteiger partial charge in [0, 0.05) is 13.2 Å². The van der Waals surface area contributed by atoms with Gasteiger partial charge in [0.05, 0.1) is 12.1 Å². The quantitative estimate of drug-likeness (QED) is 0.764. The number of benzene rings is 1. The average Bonchev–Trinajstić information content (AvgIpc) is 2.88. The predicted octanol–water partition coefficient (Wildman–Crippen LogP) is 0.901. The van der Waals surface area contributed by atoms with Gasteiger partial charge in [-0.05, 0) is 30.7 Å². The molecule has 0 saturated carbocycles. The fourth-order valence-electron chi connectivity index (χ4n) is 2.18. The van der Waals surface area contributed by atoms with Crippen LogP contribution in [0, 0.1) is 5.82 Å². The highest BCUT2D eigenvalue weighted by molar-refractivity contribution is 5.98. The van der Waals surface area contributed by atoms with Crippen molar-refractivity contribution in [1.82, 2.24) is 9.88 Å². The monoisotopic (exact) mass is 319 g/mol. The smallest absolute Gasteiger partial charge is 0.268 e. The molecule has 1 unspecified atom stereocenters. The summed E-state index contributed by atoms with van der Waals surface area (Å²) in [6.45, 7) is 1.44. The number of nitrogens with two attached hydrogens (primary N) is 1. The second kappa shape index (κ2) is 6.21. The van der Waals surface area contributed by atoms with Crippen molar-refractivity contribution in [2.45, 2.75) is 12.5 Å². The maximum absolute atomic E-state index is 12.9. The molecule has 0 aliphatic carbocycles. The highest BCUT2D eigenvalue weighted by atomic mass is 19.1. The van der Waals surface area contributed by atoms with Crippen LogP contribution in [-0.2, 0) is 12.6 Å². The number of carbonyl (C=O) groups excluding carboxylic acids is 2. The van der Waals surface area contributed by atoms with Gasteiger partial charge in [0.1, 0.15) is 17.1 Å². The fraction of sp³-hybridized carbons (Fsp3) is 0.250. The fourth-order valence-corrected chi connectivity index (χ4v) is 2.18. The molecular formula is C16H18FN3O3. The van der Waals surface area contributed by atoms with Crippen LogP contribution in [0.1, 0.15) is 33.3 Å². The van der Waals surface area contributed by atoms with Gasteiger partial charge in [-0.15, -0.1) is 0 Å². The van der Waals surface area contributed by atoms with Gasteiger partial charge in [0.25, 0.3) is 5.91 Å². The summed E-state index contributed by atoms with van der Waals surface area (Å²) in [5, 5.41) is 13.0. The van der Waals surface area contributed by atoms with Gasteiger partial charge in [0.2, 0.25) is 5.91 Å². The molecule has 1 heterocycles. The molecule has 0 saturated heterocycles. The molecule has 1 aromatic heterocycles. The van der Waals surface area contributed by atoms with Crippen molar-refractivity contribution in [2.24, 2.45) is 12.8 Å². The van der Waals surface area contributed by atoms with E-state index < -0.39 is 23.2 Å². The number of aryl methyl sites for hydroxylation is 1. The minimum absolute atomic E-state index is 0.0749. The second-order valence-electron chi connectivity index (χ2n) is 5.55. The van der Waals surface area contributed by atoms with Crippen molar-refractivity contribution < 1.29 is 19.1 Å². The molecule has 2 aromatic rings. The second-order valence-corrected chi connectivity index (χ2v) is 5.55. The van der Waals surface area contributed by atoms with Crippen LogP contribution in [0.15, 0.2) is 36.5 Å². The van der Waals surface area contributed by atoms with Crippen molar-refractivity contribution in [3.8, 4) is 0 Å². The SMILES string of the molecule is Cn1cc(C(N)=O)cc1C(=O)NCC(C)(O)c1ccc(F)cc1. The van der Waals surface area contributed by atoms with E-state index in [1.165, 1.54) is 48.0 Å². The first-order chi connectivity index (χ1) is 10.7. The highest BCUT2D eigenvalue weighted by Gasteiger charge is 2.25. The summed E-state index contributed by atoms with van der Waals surface area (Å²) >= 11 is 0. The third kappa shape index (κ3) is 3.75. The topological polar surface area (TPSA) is 97.4 Å². The van der Waals surface area contributed by atoms with Crippen molar-refractivity contribution in [1.29, 1.82) is 0 Å². The predicted molar refractivity (Wildman–Crippen MR) is 82.2 cm³/mol. The molecule has 0 spiro atoms. The summed E-state index contributed by atoms with van der Waals surface area (Å²) in [4.78, 5) is 23.3. The number of amides is 2. The third-order valence-corrected chi connectivity index (χ3v) is 3.58. The highest BCUT2D eigenvalue weighted by Crippen LogP contribution is 2.20. The van der Waals surface area contributed by atoms with E-state index in [2.05, 4.69) is 5.32 Å². The lowest BCUT2D eigenvalue weighted by molar-refractivity contribution is 0.0523. The minimum atomic E-state index is -1.36. The van der Waals surface area contributed by atoms with E-state index in [4.69, 9.17) is 5.73 Å². The Bertz CT molecular complexity index is 736. The first-order valence-electron chi connectivity index (χ1n) is 6.93. The normalized spacial score (nSPS) is 13.4. The van der Waals surface area contributed by atoms with Gasteiger partial charge >= 0.3 is 0 Å². The average molecular weight is 319 g/mol. The molecule has 2 rings (SSSR count). The molecule has 2 amide bonds. The van der Waals surface area contributed by atoms with Crippen LogP contribution >= 0.6 is 0 Å². The molecule has 23 heavy (non-hydrogen) atoms.